The van der Waals surface area contributed by atoms with Crippen molar-refractivity contribution in [2.24, 2.45) is 0 Å². The molecule has 6 heteroatoms. The van der Waals surface area contributed by atoms with Gasteiger partial charge in [0.15, 0.2) is 0 Å². The number of carbonyl (C=O) groups is 2. The fraction of sp³-hybridized carbons (Fsp3) is 0.111. The van der Waals surface area contributed by atoms with Gasteiger partial charge in [0.2, 0.25) is 5.91 Å². The molecular weight excluding hydrogens is 283 g/mol. The van der Waals surface area contributed by atoms with Crippen LogP contribution in [0.3, 0.4) is 0 Å². The topological polar surface area (TPSA) is 58.2 Å². The van der Waals surface area contributed by atoms with E-state index < -0.39 is 5.91 Å². The molecule has 80 valence electrons. The molecule has 0 atom stereocenters. The first kappa shape index (κ1) is 12.0. The van der Waals surface area contributed by atoms with Crippen molar-refractivity contribution < 1.29 is 9.59 Å². The zero-order valence-corrected chi connectivity index (χ0v) is 10.1. The first-order valence-corrected chi connectivity index (χ1v) is 5.20. The van der Waals surface area contributed by atoms with E-state index in [4.69, 9.17) is 11.6 Å². The second-order valence-electron chi connectivity index (χ2n) is 2.76. The van der Waals surface area contributed by atoms with Gasteiger partial charge in [0.05, 0.1) is 5.02 Å². The number of carbonyl (C=O) groups excluding carboxylic acids is 2. The first-order valence-electron chi connectivity index (χ1n) is 4.02. The Morgan fingerprint density at radius 1 is 1.33 bits per heavy atom. The second-order valence-corrected chi connectivity index (χ2v) is 4.03. The van der Waals surface area contributed by atoms with E-state index in [1.807, 2.05) is 0 Å². The monoisotopic (exact) mass is 290 g/mol. The van der Waals surface area contributed by atoms with Gasteiger partial charge >= 0.3 is 0 Å². The fourth-order valence-electron chi connectivity index (χ4n) is 0.854. The highest BCUT2D eigenvalue weighted by Crippen LogP contribution is 2.22. The molecule has 2 N–H and O–H groups in total. The Kier molecular flexibility index (Phi) is 4.11. The predicted octanol–water partition coefficient (Wildman–Crippen LogP) is 1.88. The van der Waals surface area contributed by atoms with Crippen molar-refractivity contribution in [3.63, 3.8) is 0 Å². The van der Waals surface area contributed by atoms with Gasteiger partial charge in [-0.3, -0.25) is 20.4 Å². The van der Waals surface area contributed by atoms with E-state index in [1.54, 1.807) is 18.2 Å². The lowest BCUT2D eigenvalue weighted by atomic mass is 10.2. The molecule has 0 unspecified atom stereocenters. The molecule has 0 bridgehead atoms. The summed E-state index contributed by atoms with van der Waals surface area (Å²) in [6.07, 6.45) is 0. The zero-order chi connectivity index (χ0) is 11.4. The van der Waals surface area contributed by atoms with E-state index in [0.29, 0.717) is 15.1 Å². The zero-order valence-electron chi connectivity index (χ0n) is 7.80. The average molecular weight is 292 g/mol. The van der Waals surface area contributed by atoms with Crippen molar-refractivity contribution in [1.29, 1.82) is 0 Å². The predicted molar refractivity (Wildman–Crippen MR) is 60.4 cm³/mol. The summed E-state index contributed by atoms with van der Waals surface area (Å²) in [6, 6.07) is 4.72. The van der Waals surface area contributed by atoms with Crippen molar-refractivity contribution in [3.05, 3.63) is 33.3 Å². The van der Waals surface area contributed by atoms with Gasteiger partial charge in [-0.2, -0.15) is 0 Å². The van der Waals surface area contributed by atoms with Crippen LogP contribution >= 0.6 is 27.5 Å². The average Bonchev–Trinajstić information content (AvgIpc) is 2.18. The van der Waals surface area contributed by atoms with Gasteiger partial charge in [-0.25, -0.2) is 0 Å². The van der Waals surface area contributed by atoms with E-state index in [1.165, 1.54) is 6.92 Å². The number of benzene rings is 1. The number of hydrazine groups is 1. The summed E-state index contributed by atoms with van der Waals surface area (Å²) >= 11 is 8.96. The highest BCUT2D eigenvalue weighted by atomic mass is 79.9. The fourth-order valence-corrected chi connectivity index (χ4v) is 1.35. The summed E-state index contributed by atoms with van der Waals surface area (Å²) in [4.78, 5) is 22.0. The molecule has 0 fully saturated rings. The number of rotatable bonds is 1. The van der Waals surface area contributed by atoms with Gasteiger partial charge in [-0.15, -0.1) is 0 Å². The Hall–Kier alpha value is -1.07. The van der Waals surface area contributed by atoms with Crippen LogP contribution in [0.25, 0.3) is 0 Å². The third kappa shape index (κ3) is 3.53. The Morgan fingerprint density at radius 2 is 2.00 bits per heavy atom. The van der Waals surface area contributed by atoms with Crippen molar-refractivity contribution in [3.8, 4) is 0 Å². The molecule has 0 radical (unpaired) electrons. The van der Waals surface area contributed by atoms with Crippen LogP contribution in [-0.2, 0) is 4.79 Å². The number of hydrogen-bond donors (Lipinski definition) is 2. The van der Waals surface area contributed by atoms with E-state index in [9.17, 15) is 9.59 Å². The van der Waals surface area contributed by atoms with Crippen LogP contribution in [0, 0.1) is 0 Å². The molecule has 15 heavy (non-hydrogen) atoms. The second kappa shape index (κ2) is 5.14. The molecule has 0 spiro atoms. The molecule has 0 aromatic heterocycles. The molecular formula is C9H8BrClN2O2. The van der Waals surface area contributed by atoms with Gasteiger partial charge < -0.3 is 0 Å². The van der Waals surface area contributed by atoms with Crippen LogP contribution in [0.15, 0.2) is 22.7 Å². The van der Waals surface area contributed by atoms with E-state index >= 15 is 0 Å². The Labute approximate surface area is 100 Å². The third-order valence-corrected chi connectivity index (χ3v) is 2.75. The summed E-state index contributed by atoms with van der Waals surface area (Å²) in [5, 5.41) is 0.520. The van der Waals surface area contributed by atoms with Crippen LogP contribution in [0.5, 0.6) is 0 Å². The lowest BCUT2D eigenvalue weighted by Crippen LogP contribution is -2.40. The van der Waals surface area contributed by atoms with Crippen LogP contribution < -0.4 is 10.9 Å². The number of amides is 2. The third-order valence-electron chi connectivity index (χ3n) is 1.53. The quantitative estimate of drug-likeness (QED) is 0.776. The largest absolute Gasteiger partial charge is 0.274 e. The van der Waals surface area contributed by atoms with Crippen LogP contribution in [0.1, 0.15) is 17.3 Å². The highest BCUT2D eigenvalue weighted by Gasteiger charge is 2.07. The number of nitrogens with one attached hydrogen (secondary N) is 2. The Bertz CT molecular complexity index is 409. The molecule has 0 aliphatic carbocycles. The van der Waals surface area contributed by atoms with E-state index in [2.05, 4.69) is 26.8 Å². The summed E-state index contributed by atoms with van der Waals surface area (Å²) in [5.74, 6) is -0.737. The molecule has 1 aromatic rings. The highest BCUT2D eigenvalue weighted by molar-refractivity contribution is 9.10. The van der Waals surface area contributed by atoms with Crippen molar-refractivity contribution >= 4 is 39.3 Å². The maximum absolute atomic E-state index is 11.4. The lowest BCUT2D eigenvalue weighted by Gasteiger charge is -2.05. The van der Waals surface area contributed by atoms with Crippen LogP contribution in [0.4, 0.5) is 0 Å². The minimum absolute atomic E-state index is 0.337. The van der Waals surface area contributed by atoms with Crippen molar-refractivity contribution in [1.82, 2.24) is 10.9 Å². The standard InChI is InChI=1S/C9H8BrClN2O2/c1-5(14)12-13-9(15)6-2-3-8(11)7(10)4-6/h2-4H,1H3,(H,12,14)(H,13,15). The Morgan fingerprint density at radius 3 is 2.53 bits per heavy atom. The van der Waals surface area contributed by atoms with Gasteiger partial charge in [-0.1, -0.05) is 11.6 Å². The molecule has 2 amide bonds. The van der Waals surface area contributed by atoms with Crippen LogP contribution in [0.2, 0.25) is 5.02 Å². The van der Waals surface area contributed by atoms with Gasteiger partial charge in [0.1, 0.15) is 0 Å². The van der Waals surface area contributed by atoms with Gasteiger partial charge in [0.25, 0.3) is 5.91 Å². The molecule has 0 heterocycles. The van der Waals surface area contributed by atoms with Crippen LogP contribution in [-0.4, -0.2) is 11.8 Å². The smallest absolute Gasteiger partial charge is 0.269 e. The molecule has 4 nitrogen and oxygen atoms in total. The number of hydrogen-bond acceptors (Lipinski definition) is 2. The number of halogens is 2. The summed E-state index contributed by atoms with van der Waals surface area (Å²) in [7, 11) is 0. The van der Waals surface area contributed by atoms with Crippen molar-refractivity contribution in [2.75, 3.05) is 0 Å². The van der Waals surface area contributed by atoms with Gasteiger partial charge in [0, 0.05) is 17.0 Å². The van der Waals surface area contributed by atoms with E-state index in [0.717, 1.165) is 0 Å². The minimum atomic E-state index is -0.400. The molecule has 0 aliphatic rings. The maximum atomic E-state index is 11.4. The summed E-state index contributed by atoms with van der Waals surface area (Å²) < 4.78 is 0.625. The minimum Gasteiger partial charge on any atom is -0.274 e. The normalized spacial score (nSPS) is 9.53. The maximum Gasteiger partial charge on any atom is 0.269 e. The lowest BCUT2D eigenvalue weighted by molar-refractivity contribution is -0.119. The molecule has 0 aliphatic heterocycles. The van der Waals surface area contributed by atoms with Gasteiger partial charge in [-0.05, 0) is 34.1 Å². The SMILES string of the molecule is CC(=O)NNC(=O)c1ccc(Cl)c(Br)c1. The molecule has 1 aromatic carbocycles. The first-order chi connectivity index (χ1) is 7.00. The summed E-state index contributed by atoms with van der Waals surface area (Å²) in [6.45, 7) is 1.30. The Balaban J connectivity index is 2.74. The summed E-state index contributed by atoms with van der Waals surface area (Å²) in [5.41, 5.74) is 4.84. The molecule has 0 saturated heterocycles. The molecule has 1 rings (SSSR count). The van der Waals surface area contributed by atoms with E-state index in [-0.39, 0.29) is 5.91 Å². The molecule has 0 saturated carbocycles. The van der Waals surface area contributed by atoms with Crippen molar-refractivity contribution in [2.45, 2.75) is 6.92 Å².